The van der Waals surface area contributed by atoms with Gasteiger partial charge < -0.3 is 14.5 Å². The number of amides is 2. The molecule has 6 heteroatoms. The normalized spacial score (nSPS) is 23.4. The molecule has 1 spiro atoms. The Morgan fingerprint density at radius 1 is 1.35 bits per heavy atom. The minimum atomic E-state index is -0.0222. The molecule has 26 heavy (non-hydrogen) atoms. The van der Waals surface area contributed by atoms with Crippen LogP contribution in [0.2, 0.25) is 0 Å². The van der Waals surface area contributed by atoms with Crippen molar-refractivity contribution in [2.45, 2.75) is 45.4 Å². The fourth-order valence-electron chi connectivity index (χ4n) is 4.26. The Morgan fingerprint density at radius 3 is 2.96 bits per heavy atom. The standard InChI is InChI=1S/C20H29N3O3/c1-3-4-12-22-14-20(10-8-17(22)24)9-6-13-23(15-20)19(25)16-7-5-11-21-18(16)26-2/h5,7,11H,3-4,6,8-10,12-15H2,1-2H3. The van der Waals surface area contributed by atoms with E-state index < -0.39 is 0 Å². The third-order valence-electron chi connectivity index (χ3n) is 5.67. The summed E-state index contributed by atoms with van der Waals surface area (Å²) in [6.07, 6.45) is 7.29. The van der Waals surface area contributed by atoms with E-state index in [4.69, 9.17) is 4.74 Å². The molecule has 1 atom stereocenters. The minimum Gasteiger partial charge on any atom is -0.480 e. The summed E-state index contributed by atoms with van der Waals surface area (Å²) in [6, 6.07) is 3.54. The summed E-state index contributed by atoms with van der Waals surface area (Å²) in [4.78, 5) is 33.4. The topological polar surface area (TPSA) is 62.7 Å². The number of aromatic nitrogens is 1. The third kappa shape index (κ3) is 3.84. The number of methoxy groups -OCH3 is 1. The van der Waals surface area contributed by atoms with E-state index in [1.54, 1.807) is 18.3 Å². The zero-order valence-electron chi connectivity index (χ0n) is 15.9. The molecule has 1 unspecified atom stereocenters. The molecule has 3 rings (SSSR count). The summed E-state index contributed by atoms with van der Waals surface area (Å²) in [7, 11) is 1.54. The van der Waals surface area contributed by atoms with Gasteiger partial charge in [0, 0.05) is 44.2 Å². The fourth-order valence-corrected chi connectivity index (χ4v) is 4.26. The van der Waals surface area contributed by atoms with Crippen molar-refractivity contribution in [3.8, 4) is 5.88 Å². The van der Waals surface area contributed by atoms with E-state index in [2.05, 4.69) is 11.9 Å². The SMILES string of the molecule is CCCCN1CC2(CCCN(C(=O)c3cccnc3OC)C2)CCC1=O. The number of carbonyl (C=O) groups is 2. The molecule has 3 heterocycles. The van der Waals surface area contributed by atoms with Gasteiger partial charge in [0.05, 0.1) is 7.11 Å². The van der Waals surface area contributed by atoms with E-state index in [-0.39, 0.29) is 17.2 Å². The van der Waals surface area contributed by atoms with Crippen molar-refractivity contribution >= 4 is 11.8 Å². The lowest BCUT2D eigenvalue weighted by molar-refractivity contribution is -0.139. The molecule has 2 aliphatic heterocycles. The summed E-state index contributed by atoms with van der Waals surface area (Å²) in [5, 5.41) is 0. The molecule has 0 radical (unpaired) electrons. The number of likely N-dealkylation sites (tertiary alicyclic amines) is 2. The van der Waals surface area contributed by atoms with Crippen molar-refractivity contribution in [2.24, 2.45) is 5.41 Å². The van der Waals surface area contributed by atoms with Gasteiger partial charge in [-0.3, -0.25) is 9.59 Å². The first-order chi connectivity index (χ1) is 12.6. The van der Waals surface area contributed by atoms with Crippen LogP contribution in [0.4, 0.5) is 0 Å². The van der Waals surface area contributed by atoms with Crippen LogP contribution in [0.3, 0.4) is 0 Å². The molecular weight excluding hydrogens is 330 g/mol. The van der Waals surface area contributed by atoms with Crippen LogP contribution in [-0.4, -0.2) is 59.9 Å². The second-order valence-corrected chi connectivity index (χ2v) is 7.56. The van der Waals surface area contributed by atoms with Crippen molar-refractivity contribution in [1.82, 2.24) is 14.8 Å². The maximum absolute atomic E-state index is 13.0. The summed E-state index contributed by atoms with van der Waals surface area (Å²) in [6.45, 7) is 5.22. The number of hydrogen-bond acceptors (Lipinski definition) is 4. The Hall–Kier alpha value is -2.11. The third-order valence-corrected chi connectivity index (χ3v) is 5.67. The molecule has 6 nitrogen and oxygen atoms in total. The van der Waals surface area contributed by atoms with Crippen LogP contribution in [0.5, 0.6) is 5.88 Å². The predicted octanol–water partition coefficient (Wildman–Crippen LogP) is 2.74. The Morgan fingerprint density at radius 2 is 2.19 bits per heavy atom. The van der Waals surface area contributed by atoms with Gasteiger partial charge in [0.25, 0.3) is 5.91 Å². The highest BCUT2D eigenvalue weighted by molar-refractivity contribution is 5.96. The molecule has 2 fully saturated rings. The number of carbonyl (C=O) groups excluding carboxylic acids is 2. The lowest BCUT2D eigenvalue weighted by Gasteiger charge is -2.48. The first-order valence-corrected chi connectivity index (χ1v) is 9.64. The number of unbranched alkanes of at least 4 members (excludes halogenated alkanes) is 1. The largest absolute Gasteiger partial charge is 0.480 e. The second kappa shape index (κ2) is 8.06. The van der Waals surface area contributed by atoms with E-state index >= 15 is 0 Å². The molecule has 1 aromatic rings. The van der Waals surface area contributed by atoms with Crippen LogP contribution < -0.4 is 4.74 Å². The van der Waals surface area contributed by atoms with Gasteiger partial charge in [-0.2, -0.15) is 0 Å². The number of ether oxygens (including phenoxy) is 1. The monoisotopic (exact) mass is 359 g/mol. The molecule has 0 saturated carbocycles. The molecular formula is C20H29N3O3. The summed E-state index contributed by atoms with van der Waals surface area (Å²) >= 11 is 0. The van der Waals surface area contributed by atoms with Gasteiger partial charge in [-0.05, 0) is 37.8 Å². The van der Waals surface area contributed by atoms with Gasteiger partial charge in [0.2, 0.25) is 11.8 Å². The number of hydrogen-bond donors (Lipinski definition) is 0. The highest BCUT2D eigenvalue weighted by Gasteiger charge is 2.42. The van der Waals surface area contributed by atoms with E-state index in [1.807, 2.05) is 9.80 Å². The van der Waals surface area contributed by atoms with E-state index in [9.17, 15) is 9.59 Å². The maximum Gasteiger partial charge on any atom is 0.259 e. The van der Waals surface area contributed by atoms with Crippen molar-refractivity contribution in [3.63, 3.8) is 0 Å². The molecule has 1 aromatic heterocycles. The van der Waals surface area contributed by atoms with Gasteiger partial charge >= 0.3 is 0 Å². The zero-order valence-corrected chi connectivity index (χ0v) is 15.9. The van der Waals surface area contributed by atoms with Crippen molar-refractivity contribution in [3.05, 3.63) is 23.9 Å². The van der Waals surface area contributed by atoms with Gasteiger partial charge in [0.15, 0.2) is 0 Å². The number of rotatable bonds is 5. The fraction of sp³-hybridized carbons (Fsp3) is 0.650. The van der Waals surface area contributed by atoms with Crippen LogP contribution in [0.1, 0.15) is 55.8 Å². The van der Waals surface area contributed by atoms with Gasteiger partial charge in [-0.15, -0.1) is 0 Å². The Labute approximate surface area is 155 Å². The van der Waals surface area contributed by atoms with Crippen LogP contribution in [0.25, 0.3) is 0 Å². The number of nitrogens with zero attached hydrogens (tertiary/aromatic N) is 3. The molecule has 142 valence electrons. The smallest absolute Gasteiger partial charge is 0.259 e. The van der Waals surface area contributed by atoms with E-state index in [0.717, 1.165) is 51.7 Å². The van der Waals surface area contributed by atoms with Crippen LogP contribution in [0, 0.1) is 5.41 Å². The van der Waals surface area contributed by atoms with Crippen LogP contribution in [-0.2, 0) is 4.79 Å². The summed E-state index contributed by atoms with van der Waals surface area (Å²) in [5.74, 6) is 0.619. The Bertz CT molecular complexity index is 663. The molecule has 2 aliphatic rings. The Balaban J connectivity index is 1.74. The molecule has 0 bridgehead atoms. The first kappa shape index (κ1) is 18.7. The average Bonchev–Trinajstić information content (AvgIpc) is 2.68. The van der Waals surface area contributed by atoms with Crippen LogP contribution >= 0.6 is 0 Å². The molecule has 0 aliphatic carbocycles. The first-order valence-electron chi connectivity index (χ1n) is 9.64. The lowest BCUT2D eigenvalue weighted by Crippen LogP contribution is -2.55. The maximum atomic E-state index is 13.0. The lowest BCUT2D eigenvalue weighted by atomic mass is 9.73. The Kier molecular flexibility index (Phi) is 5.79. The quantitative estimate of drug-likeness (QED) is 0.811. The molecule has 2 saturated heterocycles. The van der Waals surface area contributed by atoms with Crippen molar-refractivity contribution in [1.29, 1.82) is 0 Å². The molecule has 2 amide bonds. The van der Waals surface area contributed by atoms with Gasteiger partial charge in [-0.25, -0.2) is 4.98 Å². The van der Waals surface area contributed by atoms with Crippen molar-refractivity contribution < 1.29 is 14.3 Å². The molecule has 0 aromatic carbocycles. The average molecular weight is 359 g/mol. The van der Waals surface area contributed by atoms with E-state index in [0.29, 0.717) is 24.4 Å². The van der Waals surface area contributed by atoms with Gasteiger partial charge in [-0.1, -0.05) is 13.3 Å². The number of piperidine rings is 2. The van der Waals surface area contributed by atoms with Gasteiger partial charge in [0.1, 0.15) is 5.56 Å². The summed E-state index contributed by atoms with van der Waals surface area (Å²) in [5.41, 5.74) is 0.548. The highest BCUT2D eigenvalue weighted by Crippen LogP contribution is 2.39. The number of pyridine rings is 1. The van der Waals surface area contributed by atoms with Crippen LogP contribution in [0.15, 0.2) is 18.3 Å². The minimum absolute atomic E-state index is 0.0222. The molecule has 0 N–H and O–H groups in total. The zero-order chi connectivity index (χ0) is 18.6. The summed E-state index contributed by atoms with van der Waals surface area (Å²) < 4.78 is 5.26. The van der Waals surface area contributed by atoms with E-state index in [1.165, 1.54) is 7.11 Å². The second-order valence-electron chi connectivity index (χ2n) is 7.56. The highest BCUT2D eigenvalue weighted by atomic mass is 16.5. The predicted molar refractivity (Wildman–Crippen MR) is 99.1 cm³/mol. The van der Waals surface area contributed by atoms with Crippen molar-refractivity contribution in [2.75, 3.05) is 33.3 Å².